The van der Waals surface area contributed by atoms with E-state index in [1.165, 1.54) is 71.2 Å². The maximum absolute atomic E-state index is 2.47. The van der Waals surface area contributed by atoms with Crippen molar-refractivity contribution in [3.05, 3.63) is 231 Å². The number of hydrogen-bond acceptors (Lipinski definition) is 1. The molecule has 58 heavy (non-hydrogen) atoms. The zero-order valence-corrected chi connectivity index (χ0v) is 31.8. The highest BCUT2D eigenvalue weighted by molar-refractivity contribution is 6.11. The number of aromatic nitrogens is 1. The first-order chi connectivity index (χ1) is 28.8. The van der Waals surface area contributed by atoms with E-state index in [-0.39, 0.29) is 0 Å². The molecule has 0 atom stereocenters. The first kappa shape index (κ1) is 33.6. The van der Waals surface area contributed by atoms with Gasteiger partial charge >= 0.3 is 0 Å². The zero-order chi connectivity index (χ0) is 38.4. The summed E-state index contributed by atoms with van der Waals surface area (Å²) in [6.07, 6.45) is 0. The monoisotopic (exact) mass is 738 g/mol. The maximum Gasteiger partial charge on any atom is 0.0561 e. The first-order valence-corrected chi connectivity index (χ1v) is 19.9. The van der Waals surface area contributed by atoms with Gasteiger partial charge in [-0.05, 0) is 116 Å². The number of anilines is 3. The van der Waals surface area contributed by atoms with Crippen LogP contribution in [-0.2, 0) is 0 Å². The third-order valence-electron chi connectivity index (χ3n) is 11.5. The lowest BCUT2D eigenvalue weighted by Crippen LogP contribution is -2.10. The average molecular weight is 739 g/mol. The molecular formula is C56H38N2. The fourth-order valence-corrected chi connectivity index (χ4v) is 8.84. The Kier molecular flexibility index (Phi) is 8.19. The molecule has 0 radical (unpaired) electrons. The smallest absolute Gasteiger partial charge is 0.0561 e. The van der Waals surface area contributed by atoms with Crippen LogP contribution in [0.25, 0.3) is 82.4 Å². The minimum Gasteiger partial charge on any atom is -0.310 e. The summed E-state index contributed by atoms with van der Waals surface area (Å²) in [5.41, 5.74) is 14.0. The Morgan fingerprint density at radius 1 is 0.276 bits per heavy atom. The predicted molar refractivity (Wildman–Crippen MR) is 247 cm³/mol. The van der Waals surface area contributed by atoms with Crippen LogP contribution >= 0.6 is 0 Å². The highest BCUT2D eigenvalue weighted by atomic mass is 15.1. The fourth-order valence-electron chi connectivity index (χ4n) is 8.84. The topological polar surface area (TPSA) is 8.17 Å². The van der Waals surface area contributed by atoms with Crippen molar-refractivity contribution in [3.63, 3.8) is 0 Å². The molecule has 0 aliphatic heterocycles. The van der Waals surface area contributed by atoms with Crippen LogP contribution in [0.3, 0.4) is 0 Å². The zero-order valence-electron chi connectivity index (χ0n) is 31.8. The predicted octanol–water partition coefficient (Wildman–Crippen LogP) is 15.6. The molecule has 272 valence electrons. The average Bonchev–Trinajstić information content (AvgIpc) is 3.63. The molecule has 0 saturated carbocycles. The number of nitrogens with zero attached hydrogens (tertiary/aromatic N) is 2. The summed E-state index contributed by atoms with van der Waals surface area (Å²) in [5, 5.41) is 7.39. The Morgan fingerprint density at radius 3 is 1.41 bits per heavy atom. The molecule has 0 bridgehead atoms. The number of para-hydroxylation sites is 2. The Hall–Kier alpha value is -7.68. The second-order valence-electron chi connectivity index (χ2n) is 15.0. The van der Waals surface area contributed by atoms with Gasteiger partial charge in [0.15, 0.2) is 0 Å². The van der Waals surface area contributed by atoms with Crippen molar-refractivity contribution in [2.24, 2.45) is 0 Å². The van der Waals surface area contributed by atoms with Gasteiger partial charge in [-0.2, -0.15) is 0 Å². The van der Waals surface area contributed by atoms with Gasteiger partial charge in [-0.25, -0.2) is 0 Å². The minimum atomic E-state index is 1.09. The molecule has 0 aliphatic rings. The molecule has 0 fully saturated rings. The van der Waals surface area contributed by atoms with E-state index in [0.29, 0.717) is 0 Å². The third kappa shape index (κ3) is 5.82. The Morgan fingerprint density at radius 2 is 0.759 bits per heavy atom. The van der Waals surface area contributed by atoms with Crippen LogP contribution in [0.1, 0.15) is 0 Å². The molecule has 0 spiro atoms. The summed E-state index contributed by atoms with van der Waals surface area (Å²) >= 11 is 0. The minimum absolute atomic E-state index is 1.09. The Balaban J connectivity index is 1.16. The molecule has 2 nitrogen and oxygen atoms in total. The lowest BCUT2D eigenvalue weighted by atomic mass is 9.92. The van der Waals surface area contributed by atoms with Crippen molar-refractivity contribution in [1.29, 1.82) is 0 Å². The lowest BCUT2D eigenvalue weighted by Gasteiger charge is -2.26. The maximum atomic E-state index is 2.47. The molecule has 0 N–H and O–H groups in total. The molecule has 0 aliphatic carbocycles. The molecule has 0 amide bonds. The van der Waals surface area contributed by atoms with Gasteiger partial charge in [-0.15, -0.1) is 0 Å². The van der Waals surface area contributed by atoms with Crippen molar-refractivity contribution in [3.8, 4) is 39.1 Å². The molecule has 2 heteroatoms. The van der Waals surface area contributed by atoms with Gasteiger partial charge < -0.3 is 9.47 Å². The summed E-state index contributed by atoms with van der Waals surface area (Å²) < 4.78 is 2.47. The molecule has 11 aromatic rings. The summed E-state index contributed by atoms with van der Waals surface area (Å²) in [4.78, 5) is 2.37. The van der Waals surface area contributed by atoms with Crippen molar-refractivity contribution in [2.45, 2.75) is 0 Å². The standard InChI is InChI=1S/C56H38N2/c1-3-15-39(16-4-1)40-29-31-46(32-30-40)57(45-21-5-2-6-22-45)47-33-34-54-53-25-11-12-28-55(53)58(56(54)38-47)48-36-43(51-26-13-19-41-17-7-9-23-49(41)51)35-44(37-48)52-27-14-20-42-18-8-10-24-50(42)52/h1-38H. The van der Waals surface area contributed by atoms with Crippen molar-refractivity contribution >= 4 is 60.4 Å². The van der Waals surface area contributed by atoms with Crippen molar-refractivity contribution in [1.82, 2.24) is 4.57 Å². The largest absolute Gasteiger partial charge is 0.310 e. The van der Waals surface area contributed by atoms with Crippen molar-refractivity contribution in [2.75, 3.05) is 4.90 Å². The summed E-state index contributed by atoms with van der Waals surface area (Å²) in [6, 6.07) is 83.8. The summed E-state index contributed by atoms with van der Waals surface area (Å²) in [5.74, 6) is 0. The van der Waals surface area contributed by atoms with Gasteiger partial charge in [0.05, 0.1) is 11.0 Å². The molecule has 10 aromatic carbocycles. The van der Waals surface area contributed by atoms with Crippen LogP contribution in [0.5, 0.6) is 0 Å². The fraction of sp³-hybridized carbons (Fsp3) is 0. The summed E-state index contributed by atoms with van der Waals surface area (Å²) in [6.45, 7) is 0. The first-order valence-electron chi connectivity index (χ1n) is 19.9. The van der Waals surface area contributed by atoms with Gasteiger partial charge in [-0.3, -0.25) is 0 Å². The molecular weight excluding hydrogens is 701 g/mol. The highest BCUT2D eigenvalue weighted by Crippen LogP contribution is 2.42. The SMILES string of the molecule is c1ccc(-c2ccc(N(c3ccccc3)c3ccc4c5ccccc5n(-c5cc(-c6cccc7ccccc67)cc(-c6cccc7ccccc67)c5)c4c3)cc2)cc1. The quantitative estimate of drug-likeness (QED) is 0.158. The molecule has 11 rings (SSSR count). The molecule has 0 saturated heterocycles. The van der Waals surface area contributed by atoms with E-state index < -0.39 is 0 Å². The molecule has 1 aromatic heterocycles. The normalized spacial score (nSPS) is 11.4. The second-order valence-corrected chi connectivity index (χ2v) is 15.0. The van der Waals surface area contributed by atoms with Gasteiger partial charge in [0.25, 0.3) is 0 Å². The van der Waals surface area contributed by atoms with Gasteiger partial charge in [-0.1, -0.05) is 170 Å². The number of rotatable bonds is 7. The van der Waals surface area contributed by atoms with Gasteiger partial charge in [0.2, 0.25) is 0 Å². The highest BCUT2D eigenvalue weighted by Gasteiger charge is 2.19. The summed E-state index contributed by atoms with van der Waals surface area (Å²) in [7, 11) is 0. The van der Waals surface area contributed by atoms with Crippen LogP contribution < -0.4 is 4.90 Å². The number of benzene rings is 10. The van der Waals surface area contributed by atoms with E-state index >= 15 is 0 Å². The molecule has 0 unspecified atom stereocenters. The third-order valence-corrected chi connectivity index (χ3v) is 11.5. The van der Waals surface area contributed by atoms with Gasteiger partial charge in [0.1, 0.15) is 0 Å². The number of fused-ring (bicyclic) bond motifs is 5. The second kappa shape index (κ2) is 14.1. The van der Waals surface area contributed by atoms with Gasteiger partial charge in [0, 0.05) is 33.5 Å². The van der Waals surface area contributed by atoms with Crippen LogP contribution in [0, 0.1) is 0 Å². The lowest BCUT2D eigenvalue weighted by molar-refractivity contribution is 1.18. The Labute approximate surface area is 338 Å². The van der Waals surface area contributed by atoms with Crippen LogP contribution in [-0.4, -0.2) is 4.57 Å². The van der Waals surface area contributed by atoms with E-state index in [1.54, 1.807) is 0 Å². The van der Waals surface area contributed by atoms with E-state index in [0.717, 1.165) is 28.3 Å². The van der Waals surface area contributed by atoms with E-state index in [1.807, 2.05) is 0 Å². The molecule has 1 heterocycles. The van der Waals surface area contributed by atoms with Crippen molar-refractivity contribution < 1.29 is 0 Å². The van der Waals surface area contributed by atoms with Crippen LogP contribution in [0.15, 0.2) is 231 Å². The van der Waals surface area contributed by atoms with E-state index in [4.69, 9.17) is 0 Å². The number of hydrogen-bond donors (Lipinski definition) is 0. The van der Waals surface area contributed by atoms with Crippen LogP contribution in [0.2, 0.25) is 0 Å². The Bertz CT molecular complexity index is 3160. The van der Waals surface area contributed by atoms with E-state index in [2.05, 4.69) is 240 Å². The van der Waals surface area contributed by atoms with Crippen LogP contribution in [0.4, 0.5) is 17.1 Å². The van der Waals surface area contributed by atoms with E-state index in [9.17, 15) is 0 Å².